The molecular weight excluding hydrogens is 629 g/mol. The van der Waals surface area contributed by atoms with Gasteiger partial charge in [-0.15, -0.1) is 0 Å². The van der Waals surface area contributed by atoms with Gasteiger partial charge in [0.2, 0.25) is 0 Å². The van der Waals surface area contributed by atoms with Crippen molar-refractivity contribution in [1.29, 1.82) is 0 Å². The highest BCUT2D eigenvalue weighted by atomic mass is 15.1. The zero-order chi connectivity index (χ0) is 34.4. The Balaban J connectivity index is 1.12. The van der Waals surface area contributed by atoms with Crippen molar-refractivity contribution < 1.29 is 0 Å². The number of hydrogen-bond donors (Lipinski definition) is 0. The predicted molar refractivity (Wildman–Crippen MR) is 221 cm³/mol. The fourth-order valence-corrected chi connectivity index (χ4v) is 7.86. The molecule has 1 aromatic heterocycles. The molecule has 0 aliphatic heterocycles. The smallest absolute Gasteiger partial charge is 0.0542 e. The highest BCUT2D eigenvalue weighted by molar-refractivity contribution is 6.11. The fourth-order valence-electron chi connectivity index (χ4n) is 7.86. The van der Waals surface area contributed by atoms with Crippen LogP contribution in [0.3, 0.4) is 0 Å². The van der Waals surface area contributed by atoms with Gasteiger partial charge in [0, 0.05) is 33.5 Å². The van der Waals surface area contributed by atoms with Crippen LogP contribution in [0.1, 0.15) is 0 Å². The molecule has 0 bridgehead atoms. The van der Waals surface area contributed by atoms with Gasteiger partial charge < -0.3 is 9.47 Å². The van der Waals surface area contributed by atoms with Crippen molar-refractivity contribution >= 4 is 60.4 Å². The van der Waals surface area contributed by atoms with Crippen molar-refractivity contribution in [3.8, 4) is 27.9 Å². The minimum Gasteiger partial charge on any atom is -0.310 e. The van der Waals surface area contributed by atoms with Crippen LogP contribution in [0.2, 0.25) is 0 Å². The van der Waals surface area contributed by atoms with E-state index in [2.05, 4.69) is 216 Å². The van der Waals surface area contributed by atoms with Gasteiger partial charge >= 0.3 is 0 Å². The molecule has 10 rings (SSSR count). The second-order valence-corrected chi connectivity index (χ2v) is 13.4. The zero-order valence-corrected chi connectivity index (χ0v) is 28.5. The molecule has 10 aromatic rings. The third kappa shape index (κ3) is 5.12. The van der Waals surface area contributed by atoms with Crippen LogP contribution < -0.4 is 4.90 Å². The number of anilines is 3. The number of hydrogen-bond acceptors (Lipinski definition) is 1. The molecule has 0 unspecified atom stereocenters. The zero-order valence-electron chi connectivity index (χ0n) is 28.5. The number of para-hydroxylation sites is 2. The van der Waals surface area contributed by atoms with Gasteiger partial charge in [0.25, 0.3) is 0 Å². The summed E-state index contributed by atoms with van der Waals surface area (Å²) in [5, 5.41) is 7.52. The Morgan fingerprint density at radius 2 is 0.865 bits per heavy atom. The SMILES string of the molecule is c1ccc(-c2cccc(-n3c4ccccc4c4cc(N(c5ccccc5)c5cccc(-c6ccc7ccc8ccccc8c7c6)c5)ccc43)c2)cc1. The molecule has 52 heavy (non-hydrogen) atoms. The summed E-state index contributed by atoms with van der Waals surface area (Å²) in [5.74, 6) is 0. The van der Waals surface area contributed by atoms with Gasteiger partial charge in [-0.1, -0.05) is 140 Å². The van der Waals surface area contributed by atoms with Crippen molar-refractivity contribution in [2.75, 3.05) is 4.90 Å². The predicted octanol–water partition coefficient (Wildman–Crippen LogP) is 13.9. The van der Waals surface area contributed by atoms with Gasteiger partial charge in [0.1, 0.15) is 0 Å². The summed E-state index contributed by atoms with van der Waals surface area (Å²) in [6, 6.07) is 74.7. The molecule has 0 radical (unpaired) electrons. The van der Waals surface area contributed by atoms with E-state index in [4.69, 9.17) is 0 Å². The molecule has 244 valence electrons. The van der Waals surface area contributed by atoms with Gasteiger partial charge in [-0.05, 0) is 111 Å². The first-order valence-electron chi connectivity index (χ1n) is 17.8. The van der Waals surface area contributed by atoms with Crippen LogP contribution in [0.5, 0.6) is 0 Å². The van der Waals surface area contributed by atoms with Crippen molar-refractivity contribution in [1.82, 2.24) is 4.57 Å². The fraction of sp³-hybridized carbons (Fsp3) is 0. The van der Waals surface area contributed by atoms with Crippen molar-refractivity contribution in [3.63, 3.8) is 0 Å². The van der Waals surface area contributed by atoms with E-state index in [1.165, 1.54) is 65.6 Å². The van der Waals surface area contributed by atoms with Crippen molar-refractivity contribution in [2.45, 2.75) is 0 Å². The van der Waals surface area contributed by atoms with E-state index < -0.39 is 0 Å². The summed E-state index contributed by atoms with van der Waals surface area (Å²) in [7, 11) is 0. The molecule has 9 aromatic carbocycles. The molecule has 0 aliphatic carbocycles. The van der Waals surface area contributed by atoms with E-state index in [0.29, 0.717) is 0 Å². The topological polar surface area (TPSA) is 8.17 Å². The van der Waals surface area contributed by atoms with Crippen molar-refractivity contribution in [3.05, 3.63) is 206 Å². The summed E-state index contributed by atoms with van der Waals surface area (Å²) in [5.41, 5.74) is 11.7. The van der Waals surface area contributed by atoms with Gasteiger partial charge in [-0.3, -0.25) is 0 Å². The largest absolute Gasteiger partial charge is 0.310 e. The van der Waals surface area contributed by atoms with Gasteiger partial charge in [0.05, 0.1) is 11.0 Å². The van der Waals surface area contributed by atoms with Crippen LogP contribution in [0.4, 0.5) is 17.1 Å². The Morgan fingerprint density at radius 3 is 1.71 bits per heavy atom. The molecule has 0 atom stereocenters. The lowest BCUT2D eigenvalue weighted by Crippen LogP contribution is -2.10. The third-order valence-corrected chi connectivity index (χ3v) is 10.3. The maximum absolute atomic E-state index is 2.40. The number of aromatic nitrogens is 1. The summed E-state index contributed by atoms with van der Waals surface area (Å²) in [6.07, 6.45) is 0. The molecule has 0 aliphatic rings. The molecule has 0 saturated carbocycles. The Labute approximate surface area is 303 Å². The van der Waals surface area contributed by atoms with Crippen LogP contribution in [-0.2, 0) is 0 Å². The molecule has 2 nitrogen and oxygen atoms in total. The van der Waals surface area contributed by atoms with Gasteiger partial charge in [-0.2, -0.15) is 0 Å². The average molecular weight is 663 g/mol. The second-order valence-electron chi connectivity index (χ2n) is 13.4. The first kappa shape index (κ1) is 30.0. The normalized spacial score (nSPS) is 11.5. The lowest BCUT2D eigenvalue weighted by molar-refractivity contribution is 1.18. The maximum atomic E-state index is 2.40. The number of benzene rings is 9. The minimum atomic E-state index is 1.11. The maximum Gasteiger partial charge on any atom is 0.0542 e. The summed E-state index contributed by atoms with van der Waals surface area (Å²) >= 11 is 0. The molecule has 0 N–H and O–H groups in total. The second kappa shape index (κ2) is 12.5. The molecular formula is C50H34N2. The standard InChI is InChI=1S/C50H34N2/c1-3-13-35(14-4-1)38-16-11-21-43(31-38)52-49-24-10-9-23-46(49)48-34-44(29-30-50(48)52)51(41-18-5-2-6-19-41)42-20-12-17-39(32-42)40-28-27-37-26-25-36-15-7-8-22-45(36)47(37)33-40/h1-34H. The van der Waals surface area contributed by atoms with E-state index in [1.807, 2.05) is 0 Å². The molecule has 0 spiro atoms. The van der Waals surface area contributed by atoms with Crippen molar-refractivity contribution in [2.24, 2.45) is 0 Å². The van der Waals surface area contributed by atoms with Crippen LogP contribution in [0, 0.1) is 0 Å². The molecule has 2 heteroatoms. The molecule has 1 heterocycles. The average Bonchev–Trinajstić information content (AvgIpc) is 3.55. The van der Waals surface area contributed by atoms with Crippen LogP contribution in [0.25, 0.3) is 71.3 Å². The van der Waals surface area contributed by atoms with E-state index in [1.54, 1.807) is 0 Å². The lowest BCUT2D eigenvalue weighted by atomic mass is 9.97. The quantitative estimate of drug-likeness (QED) is 0.161. The summed E-state index contributed by atoms with van der Waals surface area (Å²) in [4.78, 5) is 2.38. The minimum absolute atomic E-state index is 1.11. The highest BCUT2D eigenvalue weighted by Crippen LogP contribution is 2.41. The number of rotatable bonds is 6. The Hall–Kier alpha value is -6.90. The van der Waals surface area contributed by atoms with Crippen LogP contribution >= 0.6 is 0 Å². The Morgan fingerprint density at radius 1 is 0.288 bits per heavy atom. The van der Waals surface area contributed by atoms with E-state index in [9.17, 15) is 0 Å². The first-order valence-corrected chi connectivity index (χ1v) is 17.8. The van der Waals surface area contributed by atoms with Gasteiger partial charge in [0.15, 0.2) is 0 Å². The lowest BCUT2D eigenvalue weighted by Gasteiger charge is -2.26. The Bertz CT molecular complexity index is 2900. The van der Waals surface area contributed by atoms with Crippen LogP contribution in [0.15, 0.2) is 206 Å². The van der Waals surface area contributed by atoms with Crippen LogP contribution in [-0.4, -0.2) is 4.57 Å². The summed E-state index contributed by atoms with van der Waals surface area (Å²) in [6.45, 7) is 0. The first-order chi connectivity index (χ1) is 25.8. The van der Waals surface area contributed by atoms with Gasteiger partial charge in [-0.25, -0.2) is 0 Å². The Kier molecular flexibility index (Phi) is 7.18. The number of fused-ring (bicyclic) bond motifs is 6. The van der Waals surface area contributed by atoms with E-state index in [-0.39, 0.29) is 0 Å². The van der Waals surface area contributed by atoms with E-state index >= 15 is 0 Å². The molecule has 0 fully saturated rings. The molecule has 0 amide bonds. The number of nitrogens with zero attached hydrogens (tertiary/aromatic N) is 2. The third-order valence-electron chi connectivity index (χ3n) is 10.3. The highest BCUT2D eigenvalue weighted by Gasteiger charge is 2.18. The molecule has 0 saturated heterocycles. The van der Waals surface area contributed by atoms with E-state index in [0.717, 1.165) is 22.7 Å². The summed E-state index contributed by atoms with van der Waals surface area (Å²) < 4.78 is 2.40. The monoisotopic (exact) mass is 662 g/mol.